The molecule has 1 fully saturated rings. The van der Waals surface area contributed by atoms with Gasteiger partial charge in [0.2, 0.25) is 0 Å². The Balaban J connectivity index is 1.89. The number of aromatic amines is 1. The summed E-state index contributed by atoms with van der Waals surface area (Å²) in [5.41, 5.74) is 3.63. The highest BCUT2D eigenvalue weighted by Crippen LogP contribution is 2.35. The normalized spacial score (nSPS) is 15.1. The van der Waals surface area contributed by atoms with Gasteiger partial charge in [-0.2, -0.15) is 5.10 Å². The van der Waals surface area contributed by atoms with Crippen LogP contribution in [0.25, 0.3) is 28.1 Å². The lowest BCUT2D eigenvalue weighted by Gasteiger charge is -2.00. The molecule has 1 unspecified atom stereocenters. The molecule has 1 aliphatic carbocycles. The highest BCUT2D eigenvalue weighted by atomic mass is 127. The van der Waals surface area contributed by atoms with Crippen LogP contribution in [0.3, 0.4) is 0 Å². The third kappa shape index (κ3) is 2.16. The van der Waals surface area contributed by atoms with Crippen molar-refractivity contribution in [2.24, 2.45) is 0 Å². The van der Waals surface area contributed by atoms with Gasteiger partial charge < -0.3 is 5.10 Å². The number of rotatable bonds is 4. The molecule has 4 rings (SSSR count). The second kappa shape index (κ2) is 5.35. The standard InChI is InChI=1S/C15H14IN4OP/c1-2-13-11-7-9(3-6-14(11)20(18-13)22-16)12-8-17-19(15(12)21)10-4-5-10/h2-3,6-8,10,17,22H,1,4-5H2. The molecule has 1 aliphatic rings. The van der Waals surface area contributed by atoms with E-state index in [2.05, 4.69) is 38.8 Å². The Morgan fingerprint density at radius 3 is 2.95 bits per heavy atom. The molecule has 7 heteroatoms. The quantitative estimate of drug-likeness (QED) is 0.509. The minimum Gasteiger partial charge on any atom is -0.302 e. The zero-order valence-electron chi connectivity index (χ0n) is 11.7. The minimum atomic E-state index is 0.0603. The Morgan fingerprint density at radius 2 is 2.27 bits per heavy atom. The lowest BCUT2D eigenvalue weighted by atomic mass is 10.1. The van der Waals surface area contributed by atoms with Gasteiger partial charge in [-0.25, -0.2) is 9.13 Å². The predicted octanol–water partition coefficient (Wildman–Crippen LogP) is 3.96. The third-order valence-corrected chi connectivity index (χ3v) is 5.87. The molecule has 0 amide bonds. The van der Waals surface area contributed by atoms with E-state index in [1.807, 2.05) is 22.7 Å². The molecule has 1 aromatic carbocycles. The minimum absolute atomic E-state index is 0.0603. The van der Waals surface area contributed by atoms with Crippen molar-refractivity contribution in [3.05, 3.63) is 47.0 Å². The summed E-state index contributed by atoms with van der Waals surface area (Å²) in [7, 11) is 0. The summed E-state index contributed by atoms with van der Waals surface area (Å²) in [6, 6.07) is 6.42. The topological polar surface area (TPSA) is 55.6 Å². The number of nitrogens with one attached hydrogen (secondary N) is 1. The first-order valence-corrected chi connectivity index (χ1v) is 11.1. The van der Waals surface area contributed by atoms with E-state index >= 15 is 0 Å². The fourth-order valence-corrected chi connectivity index (χ4v) is 4.25. The molecular weight excluding hydrogens is 410 g/mol. The summed E-state index contributed by atoms with van der Waals surface area (Å²) in [6.07, 6.45) is 6.27. The van der Waals surface area contributed by atoms with Crippen molar-refractivity contribution in [1.29, 1.82) is 0 Å². The smallest absolute Gasteiger partial charge is 0.274 e. The van der Waals surface area contributed by atoms with Crippen molar-refractivity contribution in [1.82, 2.24) is 19.3 Å². The maximum Gasteiger partial charge on any atom is 0.274 e. The van der Waals surface area contributed by atoms with Crippen molar-refractivity contribution in [3.63, 3.8) is 0 Å². The van der Waals surface area contributed by atoms with Gasteiger partial charge in [-0.1, -0.05) is 12.6 Å². The van der Waals surface area contributed by atoms with Crippen molar-refractivity contribution < 1.29 is 0 Å². The first-order valence-electron chi connectivity index (χ1n) is 7.05. The molecule has 22 heavy (non-hydrogen) atoms. The average molecular weight is 424 g/mol. The lowest BCUT2D eigenvalue weighted by molar-refractivity contribution is 0.621. The van der Waals surface area contributed by atoms with Crippen molar-refractivity contribution in [3.8, 4) is 11.1 Å². The van der Waals surface area contributed by atoms with Gasteiger partial charge in [0, 0.05) is 11.6 Å². The van der Waals surface area contributed by atoms with Gasteiger partial charge in [0.1, 0.15) is 0 Å². The van der Waals surface area contributed by atoms with Gasteiger partial charge >= 0.3 is 0 Å². The summed E-state index contributed by atoms with van der Waals surface area (Å²) >= 11 is 2.31. The Kier molecular flexibility index (Phi) is 3.46. The van der Waals surface area contributed by atoms with E-state index in [1.54, 1.807) is 17.0 Å². The lowest BCUT2D eigenvalue weighted by Crippen LogP contribution is -2.16. The summed E-state index contributed by atoms with van der Waals surface area (Å²) in [5, 5.41) is 8.67. The van der Waals surface area contributed by atoms with E-state index in [0.717, 1.165) is 35.0 Å². The van der Waals surface area contributed by atoms with Gasteiger partial charge in [0.25, 0.3) is 5.56 Å². The summed E-state index contributed by atoms with van der Waals surface area (Å²) < 4.78 is 3.71. The van der Waals surface area contributed by atoms with Crippen molar-refractivity contribution in [2.75, 3.05) is 0 Å². The van der Waals surface area contributed by atoms with Crippen LogP contribution in [0.4, 0.5) is 0 Å². The first-order chi connectivity index (χ1) is 10.7. The van der Waals surface area contributed by atoms with E-state index < -0.39 is 0 Å². The molecule has 0 spiro atoms. The van der Waals surface area contributed by atoms with Crippen LogP contribution in [0.1, 0.15) is 24.6 Å². The van der Waals surface area contributed by atoms with Gasteiger partial charge in [0.05, 0.1) is 29.2 Å². The Morgan fingerprint density at radius 1 is 1.45 bits per heavy atom. The number of H-pyrrole nitrogens is 1. The Hall–Kier alpha value is -1.40. The van der Waals surface area contributed by atoms with Crippen molar-refractivity contribution >= 4 is 45.4 Å². The summed E-state index contributed by atoms with van der Waals surface area (Å²) in [5.74, 6) is 0. The van der Waals surface area contributed by atoms with E-state index in [1.165, 1.54) is 0 Å². The number of halogens is 1. The van der Waals surface area contributed by atoms with Crippen LogP contribution in [0, 0.1) is 0 Å². The maximum absolute atomic E-state index is 12.5. The second-order valence-electron chi connectivity index (χ2n) is 5.41. The molecule has 0 aliphatic heterocycles. The average Bonchev–Trinajstić information content (AvgIpc) is 3.21. The van der Waals surface area contributed by atoms with Crippen molar-refractivity contribution in [2.45, 2.75) is 18.9 Å². The SMILES string of the molecule is C=Cc1nn(PI)c2ccc(-c3c[nH]n(C4CC4)c3=O)cc12. The first kappa shape index (κ1) is 14.2. The number of aromatic nitrogens is 4. The van der Waals surface area contributed by atoms with Crippen LogP contribution < -0.4 is 5.56 Å². The maximum atomic E-state index is 12.5. The van der Waals surface area contributed by atoms with Crippen LogP contribution in [0.15, 0.2) is 35.8 Å². The fraction of sp³-hybridized carbons (Fsp3) is 0.200. The summed E-state index contributed by atoms with van der Waals surface area (Å²) in [4.78, 5) is 12.5. The molecule has 3 aromatic rings. The van der Waals surface area contributed by atoms with Gasteiger partial charge in [-0.15, -0.1) is 0 Å². The number of fused-ring (bicyclic) bond motifs is 1. The highest BCUT2D eigenvalue weighted by Gasteiger charge is 2.26. The van der Waals surface area contributed by atoms with Crippen LogP contribution in [-0.2, 0) is 0 Å². The van der Waals surface area contributed by atoms with Crippen LogP contribution in [0.5, 0.6) is 0 Å². The predicted molar refractivity (Wildman–Crippen MR) is 99.9 cm³/mol. The molecule has 112 valence electrons. The highest BCUT2D eigenvalue weighted by molar-refractivity contribution is 14.2. The molecule has 2 aromatic heterocycles. The molecule has 1 atom stereocenters. The van der Waals surface area contributed by atoms with Crippen LogP contribution in [0.2, 0.25) is 0 Å². The molecule has 1 saturated carbocycles. The van der Waals surface area contributed by atoms with Crippen LogP contribution >= 0.6 is 28.4 Å². The Labute approximate surface area is 141 Å². The van der Waals surface area contributed by atoms with Crippen LogP contribution in [-0.4, -0.2) is 19.3 Å². The molecule has 5 nitrogen and oxygen atoms in total. The van der Waals surface area contributed by atoms with E-state index in [4.69, 9.17) is 0 Å². The Bertz CT molecular complexity index is 935. The van der Waals surface area contributed by atoms with E-state index in [-0.39, 0.29) is 5.56 Å². The number of hydrogen-bond acceptors (Lipinski definition) is 2. The molecule has 2 heterocycles. The van der Waals surface area contributed by atoms with Gasteiger partial charge in [-0.05, 0) is 58.7 Å². The molecular formula is C15H14IN4OP. The van der Waals surface area contributed by atoms with E-state index in [0.29, 0.717) is 18.0 Å². The zero-order valence-corrected chi connectivity index (χ0v) is 14.9. The monoisotopic (exact) mass is 424 g/mol. The largest absolute Gasteiger partial charge is 0.302 e. The summed E-state index contributed by atoms with van der Waals surface area (Å²) in [6.45, 7) is 3.84. The molecule has 0 bridgehead atoms. The number of nitrogens with zero attached hydrogens (tertiary/aromatic N) is 3. The zero-order chi connectivity index (χ0) is 15.3. The van der Waals surface area contributed by atoms with Gasteiger partial charge in [-0.3, -0.25) is 4.79 Å². The molecule has 0 saturated heterocycles. The molecule has 0 radical (unpaired) electrons. The second-order valence-corrected chi connectivity index (χ2v) is 7.45. The molecule has 1 N–H and O–H groups in total. The fourth-order valence-electron chi connectivity index (χ4n) is 2.72. The number of hydrogen-bond donors (Lipinski definition) is 1. The number of benzene rings is 1. The third-order valence-electron chi connectivity index (χ3n) is 4.00. The van der Waals surface area contributed by atoms with Gasteiger partial charge in [0.15, 0.2) is 0 Å². The van der Waals surface area contributed by atoms with E-state index in [9.17, 15) is 4.79 Å².